The summed E-state index contributed by atoms with van der Waals surface area (Å²) in [6.07, 6.45) is 1.21. The van der Waals surface area contributed by atoms with Crippen molar-refractivity contribution in [1.29, 1.82) is 0 Å². The molecule has 0 aliphatic carbocycles. The number of rotatable bonds is 16. The molecule has 0 aliphatic rings. The molecule has 1 atom stereocenters. The predicted molar refractivity (Wildman–Crippen MR) is 203 cm³/mol. The van der Waals surface area contributed by atoms with E-state index in [1.807, 2.05) is 77.5 Å². The van der Waals surface area contributed by atoms with Crippen LogP contribution >= 0.6 is 0 Å². The number of aromatic nitrogens is 2. The number of carbonyl (C=O) groups is 3. The fraction of sp³-hybridized carbons (Fsp3) is 0.205. The van der Waals surface area contributed by atoms with E-state index in [0.29, 0.717) is 17.9 Å². The number of pyridine rings is 2. The van der Waals surface area contributed by atoms with Gasteiger partial charge in [0.2, 0.25) is 17.7 Å². The summed E-state index contributed by atoms with van der Waals surface area (Å²) in [6, 6.07) is 30.4. The van der Waals surface area contributed by atoms with Crippen molar-refractivity contribution in [3.05, 3.63) is 121 Å². The molecule has 0 aliphatic heterocycles. The van der Waals surface area contributed by atoms with Crippen LogP contribution < -0.4 is 31.4 Å². The minimum absolute atomic E-state index is 0.0163. The predicted octanol–water partition coefficient (Wildman–Crippen LogP) is 4.09. The van der Waals surface area contributed by atoms with E-state index in [0.717, 1.165) is 28.6 Å². The van der Waals surface area contributed by atoms with Gasteiger partial charge in [-0.05, 0) is 67.3 Å². The van der Waals surface area contributed by atoms with Crippen molar-refractivity contribution >= 4 is 33.6 Å². The molecule has 5 aromatic rings. The summed E-state index contributed by atoms with van der Waals surface area (Å²) in [5, 5.41) is 15.0. The number of ether oxygens (including phenoxy) is 1. The zero-order valence-electron chi connectivity index (χ0n) is 29.7. The molecule has 54 heavy (non-hydrogen) atoms. The molecular formula is C39H41N7O7S. The lowest BCUT2D eigenvalue weighted by atomic mass is 10.0. The van der Waals surface area contributed by atoms with E-state index in [2.05, 4.69) is 26.0 Å². The van der Waals surface area contributed by atoms with E-state index in [1.54, 1.807) is 0 Å². The maximum absolute atomic E-state index is 13.5. The van der Waals surface area contributed by atoms with Crippen molar-refractivity contribution in [2.75, 3.05) is 12.0 Å². The number of amides is 3. The van der Waals surface area contributed by atoms with Gasteiger partial charge in [-0.1, -0.05) is 72.8 Å². The fourth-order valence-electron chi connectivity index (χ4n) is 5.31. The summed E-state index contributed by atoms with van der Waals surface area (Å²) in [7, 11) is -4.39. The molecule has 5 rings (SSSR count). The largest absolute Gasteiger partial charge is 0.508 e. The topological polar surface area (TPSA) is 215 Å². The highest BCUT2D eigenvalue weighted by Crippen LogP contribution is 2.29. The second-order valence-electron chi connectivity index (χ2n) is 12.8. The quantitative estimate of drug-likeness (QED) is 0.0480. The third kappa shape index (κ3) is 10.6. The van der Waals surface area contributed by atoms with Gasteiger partial charge in [-0.2, -0.15) is 0 Å². The molecule has 280 valence electrons. The molecule has 7 N–H and O–H groups in total. The summed E-state index contributed by atoms with van der Waals surface area (Å²) in [5.74, 6) is 3.67. The summed E-state index contributed by atoms with van der Waals surface area (Å²) in [6.45, 7) is 3.10. The van der Waals surface area contributed by atoms with Crippen molar-refractivity contribution in [3.63, 3.8) is 0 Å². The second-order valence-corrected chi connectivity index (χ2v) is 14.5. The van der Waals surface area contributed by atoms with Crippen molar-refractivity contribution in [2.45, 2.75) is 49.6 Å². The first-order valence-corrected chi connectivity index (χ1v) is 18.5. The third-order valence-corrected chi connectivity index (χ3v) is 9.56. The SMILES string of the molecule is CC(C)(NC(=O)CCCOc1cc(-c2ccccc2)cc(-c2ccccc2)n1)C(=O)NC(Cc1ccc(O)cc1)C(=O)NS(=O)(=O)c1ccc(NN)nc1. The number of hydrogen-bond acceptors (Lipinski definition) is 11. The first-order chi connectivity index (χ1) is 25.8. The van der Waals surface area contributed by atoms with Gasteiger partial charge in [-0.25, -0.2) is 29.0 Å². The molecule has 0 saturated carbocycles. The molecule has 2 heterocycles. The number of nitrogens with two attached hydrogens (primary N) is 1. The Labute approximate surface area is 313 Å². The lowest BCUT2D eigenvalue weighted by Crippen LogP contribution is -2.59. The lowest BCUT2D eigenvalue weighted by Gasteiger charge is -2.28. The number of carbonyl (C=O) groups excluding carboxylic acids is 3. The van der Waals surface area contributed by atoms with Crippen LogP contribution in [0.15, 0.2) is 120 Å². The fourth-order valence-corrected chi connectivity index (χ4v) is 6.28. The highest BCUT2D eigenvalue weighted by atomic mass is 32.2. The maximum Gasteiger partial charge on any atom is 0.265 e. The molecule has 0 bridgehead atoms. The number of hydrogen-bond donors (Lipinski definition) is 6. The van der Waals surface area contributed by atoms with Crippen LogP contribution in [-0.2, 0) is 30.8 Å². The van der Waals surface area contributed by atoms with Crippen LogP contribution in [-0.4, -0.2) is 59.4 Å². The Kier molecular flexibility index (Phi) is 12.6. The van der Waals surface area contributed by atoms with Crippen molar-refractivity contribution in [3.8, 4) is 34.0 Å². The number of benzene rings is 3. The van der Waals surface area contributed by atoms with Gasteiger partial charge in [0, 0.05) is 30.7 Å². The molecular weight excluding hydrogens is 711 g/mol. The number of phenolic OH excluding ortho intramolecular Hbond substituents is 1. The molecule has 0 fully saturated rings. The minimum atomic E-state index is -4.39. The molecule has 0 radical (unpaired) electrons. The number of anilines is 1. The molecule has 0 saturated heterocycles. The molecule has 1 unspecified atom stereocenters. The number of hydrazine groups is 1. The Bertz CT molecular complexity index is 2110. The summed E-state index contributed by atoms with van der Waals surface area (Å²) in [5.41, 5.74) is 4.89. The van der Waals surface area contributed by atoms with E-state index in [9.17, 15) is 27.9 Å². The highest BCUT2D eigenvalue weighted by molar-refractivity contribution is 7.90. The van der Waals surface area contributed by atoms with Gasteiger partial charge in [0.1, 0.15) is 28.0 Å². The number of nitrogens with zero attached hydrogens (tertiary/aromatic N) is 2. The van der Waals surface area contributed by atoms with Crippen LogP contribution in [0.5, 0.6) is 11.6 Å². The normalized spacial score (nSPS) is 11.9. The number of phenols is 1. The standard InChI is InChI=1S/C39H41N7O7S/c1-39(2,38(50)43-33(22-26-15-17-30(47)18-16-26)37(49)46-54(51,52)31-19-20-34(45-40)41-25-31)44-35(48)14-9-21-53-36-24-29(27-10-5-3-6-11-27)23-32(42-36)28-12-7-4-8-13-28/h3-8,10-13,15-20,23-25,33,47H,9,14,21-22,40H2,1-2H3,(H,41,45)(H,43,50)(H,44,48)(H,46,49). The highest BCUT2D eigenvalue weighted by Gasteiger charge is 2.34. The zero-order chi connectivity index (χ0) is 38.7. The van der Waals surface area contributed by atoms with E-state index < -0.39 is 39.3 Å². The minimum Gasteiger partial charge on any atom is -0.508 e. The number of nitrogens with one attached hydrogen (secondary N) is 4. The smallest absolute Gasteiger partial charge is 0.265 e. The first-order valence-electron chi connectivity index (χ1n) is 17.0. The Balaban J connectivity index is 1.20. The van der Waals surface area contributed by atoms with Gasteiger partial charge in [0.25, 0.3) is 15.9 Å². The van der Waals surface area contributed by atoms with E-state index in [-0.39, 0.29) is 35.9 Å². The van der Waals surface area contributed by atoms with E-state index in [4.69, 9.17) is 10.6 Å². The van der Waals surface area contributed by atoms with Gasteiger partial charge in [0.15, 0.2) is 0 Å². The van der Waals surface area contributed by atoms with Gasteiger partial charge >= 0.3 is 0 Å². The van der Waals surface area contributed by atoms with Crippen LogP contribution in [0.4, 0.5) is 5.82 Å². The zero-order valence-corrected chi connectivity index (χ0v) is 30.5. The van der Waals surface area contributed by atoms with Crippen LogP contribution in [0.25, 0.3) is 22.4 Å². The summed E-state index contributed by atoms with van der Waals surface area (Å²) >= 11 is 0. The Morgan fingerprint density at radius 2 is 1.54 bits per heavy atom. The van der Waals surface area contributed by atoms with Crippen LogP contribution in [0.1, 0.15) is 32.3 Å². The van der Waals surface area contributed by atoms with Crippen molar-refractivity contribution in [1.82, 2.24) is 25.3 Å². The molecule has 3 aromatic carbocycles. The first kappa shape index (κ1) is 38.9. The Morgan fingerprint density at radius 1 is 0.870 bits per heavy atom. The lowest BCUT2D eigenvalue weighted by molar-refractivity contribution is -0.134. The third-order valence-electron chi connectivity index (χ3n) is 8.22. The molecule has 14 nitrogen and oxygen atoms in total. The van der Waals surface area contributed by atoms with Gasteiger partial charge in [-0.15, -0.1) is 0 Å². The monoisotopic (exact) mass is 751 g/mol. The second kappa shape index (κ2) is 17.5. The van der Waals surface area contributed by atoms with E-state index in [1.165, 1.54) is 50.2 Å². The molecule has 3 amide bonds. The molecule has 2 aromatic heterocycles. The van der Waals surface area contributed by atoms with E-state index >= 15 is 0 Å². The van der Waals surface area contributed by atoms with Gasteiger partial charge in [-0.3, -0.25) is 14.4 Å². The average molecular weight is 752 g/mol. The van der Waals surface area contributed by atoms with Gasteiger partial charge < -0.3 is 25.9 Å². The maximum atomic E-state index is 13.5. The Morgan fingerprint density at radius 3 is 2.17 bits per heavy atom. The number of sulfonamides is 1. The van der Waals surface area contributed by atoms with Crippen LogP contribution in [0, 0.1) is 0 Å². The van der Waals surface area contributed by atoms with Gasteiger partial charge in [0.05, 0.1) is 12.3 Å². The summed E-state index contributed by atoms with van der Waals surface area (Å²) < 4.78 is 34.0. The summed E-state index contributed by atoms with van der Waals surface area (Å²) in [4.78, 5) is 48.2. The molecule has 0 spiro atoms. The van der Waals surface area contributed by atoms with Crippen LogP contribution in [0.3, 0.4) is 0 Å². The van der Waals surface area contributed by atoms with Crippen molar-refractivity contribution in [2.24, 2.45) is 5.84 Å². The number of nitrogen functional groups attached to an aromatic ring is 1. The van der Waals surface area contributed by atoms with Crippen molar-refractivity contribution < 1.29 is 32.6 Å². The van der Waals surface area contributed by atoms with Crippen LogP contribution in [0.2, 0.25) is 0 Å². The number of aromatic hydroxyl groups is 1. The molecule has 15 heteroatoms. The average Bonchev–Trinajstić information content (AvgIpc) is 3.17. The Hall–Kier alpha value is -6.32.